The Hall–Kier alpha value is -2.21. The first kappa shape index (κ1) is 19.7. The highest BCUT2D eigenvalue weighted by atomic mass is 35.5. The van der Waals surface area contributed by atoms with E-state index >= 15 is 0 Å². The summed E-state index contributed by atoms with van der Waals surface area (Å²) in [6.07, 6.45) is 1.03. The van der Waals surface area contributed by atoms with Crippen LogP contribution in [0.3, 0.4) is 0 Å². The van der Waals surface area contributed by atoms with Crippen molar-refractivity contribution in [1.29, 1.82) is 0 Å². The van der Waals surface area contributed by atoms with E-state index in [1.807, 2.05) is 24.3 Å². The SMILES string of the molecule is O=C1[C@H]2CN(Cc3cccc(Cl)c3)C[C@H]2C(=O)N1CCN1CCc2ccccc2C1. The molecule has 0 bridgehead atoms. The minimum absolute atomic E-state index is 0.0102. The number of halogens is 1. The fourth-order valence-corrected chi connectivity index (χ4v) is 5.34. The quantitative estimate of drug-likeness (QED) is 0.694. The van der Waals surface area contributed by atoms with Crippen molar-refractivity contribution in [3.8, 4) is 0 Å². The largest absolute Gasteiger partial charge is 0.297 e. The van der Waals surface area contributed by atoms with Gasteiger partial charge in [-0.05, 0) is 35.2 Å². The third-order valence-corrected chi connectivity index (χ3v) is 6.94. The molecular formula is C24H26ClN3O2. The Kier molecular flexibility index (Phi) is 5.35. The van der Waals surface area contributed by atoms with E-state index in [4.69, 9.17) is 11.6 Å². The molecule has 3 aliphatic heterocycles. The van der Waals surface area contributed by atoms with E-state index in [0.29, 0.717) is 24.7 Å². The number of hydrogen-bond acceptors (Lipinski definition) is 4. The van der Waals surface area contributed by atoms with Gasteiger partial charge < -0.3 is 0 Å². The molecule has 0 N–H and O–H groups in total. The molecule has 2 fully saturated rings. The smallest absolute Gasteiger partial charge is 0.234 e. The molecule has 5 rings (SSSR count). The first-order valence-electron chi connectivity index (χ1n) is 10.7. The van der Waals surface area contributed by atoms with Gasteiger partial charge in [0.1, 0.15) is 0 Å². The third-order valence-electron chi connectivity index (χ3n) is 6.71. The molecule has 156 valence electrons. The average molecular weight is 424 g/mol. The molecule has 2 aromatic rings. The van der Waals surface area contributed by atoms with Gasteiger partial charge in [0, 0.05) is 50.8 Å². The lowest BCUT2D eigenvalue weighted by Crippen LogP contribution is -2.42. The summed E-state index contributed by atoms with van der Waals surface area (Å²) in [5, 5.41) is 0.713. The molecule has 3 aliphatic rings. The summed E-state index contributed by atoms with van der Waals surface area (Å²) < 4.78 is 0. The number of amides is 2. The summed E-state index contributed by atoms with van der Waals surface area (Å²) in [6.45, 7) is 5.14. The molecule has 2 atom stereocenters. The minimum Gasteiger partial charge on any atom is -0.297 e. The Balaban J connectivity index is 1.17. The van der Waals surface area contributed by atoms with Crippen LogP contribution in [0.2, 0.25) is 5.02 Å². The fourth-order valence-electron chi connectivity index (χ4n) is 5.12. The van der Waals surface area contributed by atoms with Gasteiger partial charge >= 0.3 is 0 Å². The van der Waals surface area contributed by atoms with E-state index in [0.717, 1.165) is 38.2 Å². The van der Waals surface area contributed by atoms with Gasteiger partial charge in [0.05, 0.1) is 11.8 Å². The van der Waals surface area contributed by atoms with Gasteiger partial charge in [-0.1, -0.05) is 48.0 Å². The monoisotopic (exact) mass is 423 g/mol. The van der Waals surface area contributed by atoms with E-state index in [1.54, 1.807) is 0 Å². The second-order valence-electron chi connectivity index (χ2n) is 8.66. The van der Waals surface area contributed by atoms with Crippen LogP contribution >= 0.6 is 11.6 Å². The number of fused-ring (bicyclic) bond motifs is 2. The second kappa shape index (κ2) is 8.14. The molecule has 2 amide bonds. The molecule has 2 aromatic carbocycles. The van der Waals surface area contributed by atoms with E-state index in [-0.39, 0.29) is 23.7 Å². The summed E-state index contributed by atoms with van der Waals surface area (Å²) in [6, 6.07) is 16.3. The fraction of sp³-hybridized carbons (Fsp3) is 0.417. The number of benzene rings is 2. The molecular weight excluding hydrogens is 398 g/mol. The van der Waals surface area contributed by atoms with E-state index in [1.165, 1.54) is 16.0 Å². The number of imide groups is 1. The van der Waals surface area contributed by atoms with Gasteiger partial charge in [0.2, 0.25) is 11.8 Å². The Morgan fingerprint density at radius 1 is 0.867 bits per heavy atom. The van der Waals surface area contributed by atoms with Crippen LogP contribution in [0.1, 0.15) is 16.7 Å². The molecule has 2 saturated heterocycles. The van der Waals surface area contributed by atoms with Crippen molar-refractivity contribution in [1.82, 2.24) is 14.7 Å². The molecule has 0 spiro atoms. The number of nitrogens with zero attached hydrogens (tertiary/aromatic N) is 3. The lowest BCUT2D eigenvalue weighted by atomic mass is 10.00. The summed E-state index contributed by atoms with van der Waals surface area (Å²) in [7, 11) is 0. The van der Waals surface area contributed by atoms with Crippen LogP contribution in [0, 0.1) is 11.8 Å². The van der Waals surface area contributed by atoms with Crippen LogP contribution in [0.5, 0.6) is 0 Å². The molecule has 0 aromatic heterocycles. The van der Waals surface area contributed by atoms with Crippen LogP contribution in [-0.2, 0) is 29.1 Å². The second-order valence-corrected chi connectivity index (χ2v) is 9.10. The first-order valence-corrected chi connectivity index (χ1v) is 11.1. The standard InChI is InChI=1S/C24H26ClN3O2/c25-20-7-3-4-17(12-20)13-27-15-21-22(16-27)24(30)28(23(21)29)11-10-26-9-8-18-5-1-2-6-19(18)14-26/h1-7,12,21-22H,8-11,13-16H2/t21-,22+. The van der Waals surface area contributed by atoms with Gasteiger partial charge in [-0.25, -0.2) is 0 Å². The van der Waals surface area contributed by atoms with Gasteiger partial charge in [-0.2, -0.15) is 0 Å². The number of hydrogen-bond donors (Lipinski definition) is 0. The van der Waals surface area contributed by atoms with Crippen LogP contribution in [0.15, 0.2) is 48.5 Å². The van der Waals surface area contributed by atoms with Crippen molar-refractivity contribution < 1.29 is 9.59 Å². The molecule has 3 heterocycles. The lowest BCUT2D eigenvalue weighted by molar-refractivity contribution is -0.140. The molecule has 0 unspecified atom stereocenters. The number of carbonyl (C=O) groups is 2. The van der Waals surface area contributed by atoms with Crippen LogP contribution in [-0.4, -0.2) is 59.2 Å². The number of rotatable bonds is 5. The summed E-state index contributed by atoms with van der Waals surface area (Å²) in [4.78, 5) is 32.0. The maximum Gasteiger partial charge on any atom is 0.234 e. The van der Waals surface area contributed by atoms with Crippen molar-refractivity contribution >= 4 is 23.4 Å². The van der Waals surface area contributed by atoms with Crippen molar-refractivity contribution in [2.75, 3.05) is 32.7 Å². The predicted octanol–water partition coefficient (Wildman–Crippen LogP) is 2.82. The Bertz CT molecular complexity index is 954. The van der Waals surface area contributed by atoms with Crippen molar-refractivity contribution in [3.63, 3.8) is 0 Å². The topological polar surface area (TPSA) is 43.9 Å². The van der Waals surface area contributed by atoms with E-state index in [2.05, 4.69) is 34.1 Å². The maximum absolute atomic E-state index is 13.0. The predicted molar refractivity (Wildman–Crippen MR) is 116 cm³/mol. The summed E-state index contributed by atoms with van der Waals surface area (Å²) in [5.74, 6) is -0.371. The van der Waals surface area contributed by atoms with Crippen LogP contribution in [0.4, 0.5) is 0 Å². The highest BCUT2D eigenvalue weighted by Crippen LogP contribution is 2.34. The van der Waals surface area contributed by atoms with Crippen LogP contribution in [0.25, 0.3) is 0 Å². The van der Waals surface area contributed by atoms with E-state index in [9.17, 15) is 9.59 Å². The van der Waals surface area contributed by atoms with Crippen molar-refractivity contribution in [2.45, 2.75) is 19.5 Å². The molecule has 0 saturated carbocycles. The lowest BCUT2D eigenvalue weighted by Gasteiger charge is -2.30. The average Bonchev–Trinajstić information content (AvgIpc) is 3.25. The Morgan fingerprint density at radius 3 is 2.33 bits per heavy atom. The summed E-state index contributed by atoms with van der Waals surface area (Å²) in [5.41, 5.74) is 3.89. The highest BCUT2D eigenvalue weighted by Gasteiger charge is 2.51. The molecule has 0 aliphatic carbocycles. The van der Waals surface area contributed by atoms with Gasteiger partial charge in [0.25, 0.3) is 0 Å². The molecule has 0 radical (unpaired) electrons. The van der Waals surface area contributed by atoms with Gasteiger partial charge in [-0.15, -0.1) is 0 Å². The molecule has 30 heavy (non-hydrogen) atoms. The zero-order valence-electron chi connectivity index (χ0n) is 17.0. The zero-order chi connectivity index (χ0) is 20.7. The molecule has 6 heteroatoms. The highest BCUT2D eigenvalue weighted by molar-refractivity contribution is 6.30. The number of carbonyl (C=O) groups excluding carboxylic acids is 2. The minimum atomic E-state index is -0.196. The summed E-state index contributed by atoms with van der Waals surface area (Å²) >= 11 is 6.08. The maximum atomic E-state index is 13.0. The van der Waals surface area contributed by atoms with Crippen LogP contribution < -0.4 is 0 Å². The Morgan fingerprint density at radius 2 is 1.60 bits per heavy atom. The van der Waals surface area contributed by atoms with Crippen molar-refractivity contribution in [3.05, 3.63) is 70.2 Å². The molecule has 5 nitrogen and oxygen atoms in total. The van der Waals surface area contributed by atoms with Gasteiger partial charge in [-0.3, -0.25) is 24.3 Å². The third kappa shape index (κ3) is 3.78. The number of likely N-dealkylation sites (tertiary alicyclic amines) is 2. The van der Waals surface area contributed by atoms with Crippen molar-refractivity contribution in [2.24, 2.45) is 11.8 Å². The zero-order valence-corrected chi connectivity index (χ0v) is 17.7. The Labute approximate surface area is 182 Å². The van der Waals surface area contributed by atoms with Gasteiger partial charge in [0.15, 0.2) is 0 Å². The first-order chi connectivity index (χ1) is 14.6. The van der Waals surface area contributed by atoms with E-state index < -0.39 is 0 Å². The normalized spacial score (nSPS) is 24.4.